The molecule has 1 heterocycles. The van der Waals surface area contributed by atoms with Gasteiger partial charge < -0.3 is 10.2 Å². The topological polar surface area (TPSA) is 35.6 Å². The van der Waals surface area contributed by atoms with E-state index in [2.05, 4.69) is 59.3 Å². The molecule has 3 rings (SSSR count). The summed E-state index contributed by atoms with van der Waals surface area (Å²) >= 11 is 6.09. The molecule has 1 atom stereocenters. The summed E-state index contributed by atoms with van der Waals surface area (Å²) in [4.78, 5) is 17.1. The molecule has 2 aromatic carbocycles. The van der Waals surface area contributed by atoms with Gasteiger partial charge in [0.25, 0.3) is 0 Å². The van der Waals surface area contributed by atoms with Gasteiger partial charge in [-0.15, -0.1) is 0 Å². The minimum absolute atomic E-state index is 0.0749. The number of aryl methyl sites for hydroxylation is 1. The molecule has 0 aliphatic carbocycles. The van der Waals surface area contributed by atoms with Crippen molar-refractivity contribution < 1.29 is 4.79 Å². The molecule has 1 fully saturated rings. The standard InChI is InChI=1S/C22H28ClN3O/c1-3-21(18-9-7-17(2)8-10-18)24-22(27)16-25-11-13-26(14-12-25)20-6-4-5-19(23)15-20/h4-10,15,21H,3,11-14,16H2,1-2H3,(H,24,27)/t21-/m0/s1. The average molecular weight is 386 g/mol. The molecule has 2 aromatic rings. The second-order valence-electron chi connectivity index (χ2n) is 7.18. The van der Waals surface area contributed by atoms with E-state index in [4.69, 9.17) is 11.6 Å². The van der Waals surface area contributed by atoms with Gasteiger partial charge in [0, 0.05) is 36.9 Å². The van der Waals surface area contributed by atoms with Crippen molar-refractivity contribution in [3.8, 4) is 0 Å². The van der Waals surface area contributed by atoms with Gasteiger partial charge >= 0.3 is 0 Å². The van der Waals surface area contributed by atoms with E-state index in [-0.39, 0.29) is 11.9 Å². The Balaban J connectivity index is 1.49. The number of benzene rings is 2. The van der Waals surface area contributed by atoms with Crippen molar-refractivity contribution in [2.75, 3.05) is 37.6 Å². The first kappa shape index (κ1) is 19.7. The molecule has 0 unspecified atom stereocenters. The van der Waals surface area contributed by atoms with Crippen LogP contribution in [0.2, 0.25) is 5.02 Å². The number of hydrogen-bond donors (Lipinski definition) is 1. The van der Waals surface area contributed by atoms with Crippen LogP contribution in [0.4, 0.5) is 5.69 Å². The number of anilines is 1. The van der Waals surface area contributed by atoms with Crippen LogP contribution in [0.3, 0.4) is 0 Å². The van der Waals surface area contributed by atoms with E-state index < -0.39 is 0 Å². The highest BCUT2D eigenvalue weighted by Gasteiger charge is 2.20. The van der Waals surface area contributed by atoms with Gasteiger partial charge in [-0.2, -0.15) is 0 Å². The number of carbonyl (C=O) groups is 1. The lowest BCUT2D eigenvalue weighted by molar-refractivity contribution is -0.123. The molecule has 144 valence electrons. The molecular formula is C22H28ClN3O. The highest BCUT2D eigenvalue weighted by molar-refractivity contribution is 6.30. The zero-order valence-corrected chi connectivity index (χ0v) is 16.9. The third-order valence-corrected chi connectivity index (χ3v) is 5.37. The van der Waals surface area contributed by atoms with Gasteiger partial charge in [0.05, 0.1) is 12.6 Å². The molecule has 1 aliphatic heterocycles. The number of piperazine rings is 1. The largest absolute Gasteiger partial charge is 0.369 e. The molecule has 27 heavy (non-hydrogen) atoms. The van der Waals surface area contributed by atoms with Gasteiger partial charge in [-0.25, -0.2) is 0 Å². The summed E-state index contributed by atoms with van der Waals surface area (Å²) in [6.45, 7) is 8.20. The van der Waals surface area contributed by atoms with Crippen molar-refractivity contribution in [1.29, 1.82) is 0 Å². The van der Waals surface area contributed by atoms with Gasteiger partial charge in [-0.05, 0) is 37.1 Å². The number of halogens is 1. The maximum Gasteiger partial charge on any atom is 0.234 e. The summed E-state index contributed by atoms with van der Waals surface area (Å²) in [5.41, 5.74) is 3.55. The molecule has 0 saturated carbocycles. The molecule has 1 saturated heterocycles. The van der Waals surface area contributed by atoms with Crippen molar-refractivity contribution in [2.45, 2.75) is 26.3 Å². The van der Waals surface area contributed by atoms with Crippen molar-refractivity contribution in [3.63, 3.8) is 0 Å². The number of carbonyl (C=O) groups excluding carboxylic acids is 1. The summed E-state index contributed by atoms with van der Waals surface area (Å²) in [6, 6.07) is 16.4. The fraction of sp³-hybridized carbons (Fsp3) is 0.409. The van der Waals surface area contributed by atoms with Gasteiger partial charge in [0.15, 0.2) is 0 Å². The van der Waals surface area contributed by atoms with Crippen LogP contribution in [0.15, 0.2) is 48.5 Å². The number of hydrogen-bond acceptors (Lipinski definition) is 3. The van der Waals surface area contributed by atoms with E-state index in [1.54, 1.807) is 0 Å². The smallest absolute Gasteiger partial charge is 0.234 e. The Bertz CT molecular complexity index is 754. The molecule has 1 N–H and O–H groups in total. The number of rotatable bonds is 6. The lowest BCUT2D eigenvalue weighted by Gasteiger charge is -2.36. The molecule has 1 amide bonds. The highest BCUT2D eigenvalue weighted by atomic mass is 35.5. The molecule has 1 aliphatic rings. The third-order valence-electron chi connectivity index (χ3n) is 5.14. The summed E-state index contributed by atoms with van der Waals surface area (Å²) < 4.78 is 0. The van der Waals surface area contributed by atoms with Crippen LogP contribution < -0.4 is 10.2 Å². The average Bonchev–Trinajstić information content (AvgIpc) is 2.67. The van der Waals surface area contributed by atoms with E-state index in [1.807, 2.05) is 18.2 Å². The number of nitrogens with zero attached hydrogens (tertiary/aromatic N) is 2. The summed E-state index contributed by atoms with van der Waals surface area (Å²) in [7, 11) is 0. The fourth-order valence-electron chi connectivity index (χ4n) is 3.50. The molecular weight excluding hydrogens is 358 g/mol. The normalized spacial score (nSPS) is 16.2. The van der Waals surface area contributed by atoms with Crippen LogP contribution in [0.1, 0.15) is 30.5 Å². The van der Waals surface area contributed by atoms with Crippen LogP contribution >= 0.6 is 11.6 Å². The molecule has 0 bridgehead atoms. The first-order valence-electron chi connectivity index (χ1n) is 9.64. The van der Waals surface area contributed by atoms with Crippen molar-refractivity contribution in [3.05, 3.63) is 64.7 Å². The maximum absolute atomic E-state index is 12.5. The van der Waals surface area contributed by atoms with Gasteiger partial charge in [-0.1, -0.05) is 54.4 Å². The molecule has 5 heteroatoms. The van der Waals surface area contributed by atoms with E-state index in [1.165, 1.54) is 11.1 Å². The fourth-order valence-corrected chi connectivity index (χ4v) is 3.68. The van der Waals surface area contributed by atoms with E-state index in [0.29, 0.717) is 6.54 Å². The van der Waals surface area contributed by atoms with Crippen LogP contribution in [0, 0.1) is 6.92 Å². The highest BCUT2D eigenvalue weighted by Crippen LogP contribution is 2.21. The zero-order chi connectivity index (χ0) is 19.2. The van der Waals surface area contributed by atoms with Gasteiger partial charge in [0.1, 0.15) is 0 Å². The predicted octanol–water partition coefficient (Wildman–Crippen LogP) is 4.04. The SMILES string of the molecule is CC[C@H](NC(=O)CN1CCN(c2cccc(Cl)c2)CC1)c1ccc(C)cc1. The molecule has 0 spiro atoms. The summed E-state index contributed by atoms with van der Waals surface area (Å²) in [6.07, 6.45) is 0.886. The molecule has 0 aromatic heterocycles. The van der Waals surface area contributed by atoms with E-state index in [9.17, 15) is 4.79 Å². The summed E-state index contributed by atoms with van der Waals surface area (Å²) in [5.74, 6) is 0.0960. The van der Waals surface area contributed by atoms with Crippen LogP contribution in [0.25, 0.3) is 0 Å². The number of amides is 1. The second kappa shape index (κ2) is 9.25. The Labute approximate surface area is 167 Å². The monoisotopic (exact) mass is 385 g/mol. The predicted molar refractivity (Wildman–Crippen MR) is 112 cm³/mol. The Morgan fingerprint density at radius 3 is 2.44 bits per heavy atom. The van der Waals surface area contributed by atoms with Crippen molar-refractivity contribution >= 4 is 23.2 Å². The lowest BCUT2D eigenvalue weighted by Crippen LogP contribution is -2.49. The molecule has 0 radical (unpaired) electrons. The van der Waals surface area contributed by atoms with Gasteiger partial charge in [0.2, 0.25) is 5.91 Å². The quantitative estimate of drug-likeness (QED) is 0.815. The zero-order valence-electron chi connectivity index (χ0n) is 16.1. The first-order valence-corrected chi connectivity index (χ1v) is 10.0. The minimum atomic E-state index is 0.0749. The van der Waals surface area contributed by atoms with Crippen LogP contribution in [-0.4, -0.2) is 43.5 Å². The second-order valence-corrected chi connectivity index (χ2v) is 7.62. The first-order chi connectivity index (χ1) is 13.0. The van der Waals surface area contributed by atoms with Gasteiger partial charge in [-0.3, -0.25) is 9.69 Å². The van der Waals surface area contributed by atoms with E-state index in [0.717, 1.165) is 43.3 Å². The van der Waals surface area contributed by atoms with Crippen molar-refractivity contribution in [2.24, 2.45) is 0 Å². The molecule has 4 nitrogen and oxygen atoms in total. The van der Waals surface area contributed by atoms with Crippen LogP contribution in [0.5, 0.6) is 0 Å². The maximum atomic E-state index is 12.5. The lowest BCUT2D eigenvalue weighted by atomic mass is 10.0. The van der Waals surface area contributed by atoms with Crippen LogP contribution in [-0.2, 0) is 4.79 Å². The summed E-state index contributed by atoms with van der Waals surface area (Å²) in [5, 5.41) is 3.95. The third kappa shape index (κ3) is 5.47. The minimum Gasteiger partial charge on any atom is -0.369 e. The Morgan fingerprint density at radius 1 is 1.11 bits per heavy atom. The van der Waals surface area contributed by atoms with Crippen molar-refractivity contribution in [1.82, 2.24) is 10.2 Å². The van der Waals surface area contributed by atoms with E-state index >= 15 is 0 Å². The Kier molecular flexibility index (Phi) is 6.75. The Morgan fingerprint density at radius 2 is 1.81 bits per heavy atom. The number of nitrogens with one attached hydrogen (secondary N) is 1. The Hall–Kier alpha value is -2.04.